The number of anilines is 1. The van der Waals surface area contributed by atoms with E-state index >= 15 is 0 Å². The van der Waals surface area contributed by atoms with E-state index in [2.05, 4.69) is 15.5 Å². The second-order valence-corrected chi connectivity index (χ2v) is 6.82. The summed E-state index contributed by atoms with van der Waals surface area (Å²) >= 11 is 0. The van der Waals surface area contributed by atoms with Gasteiger partial charge in [0, 0.05) is 17.4 Å². The van der Waals surface area contributed by atoms with Crippen molar-refractivity contribution >= 4 is 11.6 Å². The van der Waals surface area contributed by atoms with Crippen LogP contribution in [-0.4, -0.2) is 20.6 Å². The molecule has 0 fully saturated rings. The number of aryl methyl sites for hydroxylation is 2. The topological polar surface area (TPSA) is 73.0 Å². The van der Waals surface area contributed by atoms with E-state index in [-0.39, 0.29) is 24.2 Å². The molecule has 0 atom stereocenters. The van der Waals surface area contributed by atoms with E-state index in [1.807, 2.05) is 38.1 Å². The van der Waals surface area contributed by atoms with Gasteiger partial charge in [-0.1, -0.05) is 22.9 Å². The van der Waals surface area contributed by atoms with Gasteiger partial charge in [-0.3, -0.25) is 4.79 Å². The van der Waals surface area contributed by atoms with E-state index in [0.717, 1.165) is 16.8 Å². The molecule has 2 heterocycles. The summed E-state index contributed by atoms with van der Waals surface area (Å²) in [4.78, 5) is 16.9. The molecule has 1 amide bonds. The van der Waals surface area contributed by atoms with E-state index in [0.29, 0.717) is 17.1 Å². The van der Waals surface area contributed by atoms with Crippen molar-refractivity contribution in [3.8, 4) is 23.0 Å². The third-order valence-corrected chi connectivity index (χ3v) is 4.55. The van der Waals surface area contributed by atoms with Gasteiger partial charge >= 0.3 is 0 Å². The van der Waals surface area contributed by atoms with Crippen molar-refractivity contribution in [1.82, 2.24) is 14.7 Å². The summed E-state index contributed by atoms with van der Waals surface area (Å²) in [5.41, 5.74) is 4.20. The molecule has 0 aliphatic heterocycles. The predicted octanol–water partition coefficient (Wildman–Crippen LogP) is 4.60. The Morgan fingerprint density at radius 1 is 1.14 bits per heavy atom. The Kier molecular flexibility index (Phi) is 4.95. The van der Waals surface area contributed by atoms with E-state index < -0.39 is 0 Å². The molecule has 29 heavy (non-hydrogen) atoms. The minimum atomic E-state index is -0.332. The van der Waals surface area contributed by atoms with Crippen molar-refractivity contribution in [2.45, 2.75) is 20.4 Å². The molecule has 1 N–H and O–H groups in total. The number of amides is 1. The predicted molar refractivity (Wildman–Crippen MR) is 108 cm³/mol. The van der Waals surface area contributed by atoms with Gasteiger partial charge in [0.15, 0.2) is 0 Å². The average molecular weight is 390 g/mol. The maximum Gasteiger partial charge on any atom is 0.274 e. The van der Waals surface area contributed by atoms with E-state index in [1.54, 1.807) is 29.0 Å². The first-order valence-corrected chi connectivity index (χ1v) is 9.12. The summed E-state index contributed by atoms with van der Waals surface area (Å²) in [6.07, 6.45) is 1.78. The van der Waals surface area contributed by atoms with Crippen LogP contribution in [0.5, 0.6) is 0 Å². The number of halogens is 1. The molecule has 0 radical (unpaired) electrons. The molecule has 4 aromatic rings. The molecule has 0 saturated carbocycles. The lowest BCUT2D eigenvalue weighted by molar-refractivity contribution is -0.116. The Morgan fingerprint density at radius 3 is 2.69 bits per heavy atom. The van der Waals surface area contributed by atoms with Crippen LogP contribution in [0.3, 0.4) is 0 Å². The Labute approximate surface area is 167 Å². The molecule has 0 aliphatic carbocycles. The van der Waals surface area contributed by atoms with Crippen LogP contribution in [0.25, 0.3) is 23.0 Å². The van der Waals surface area contributed by atoms with Crippen LogP contribution in [0.4, 0.5) is 10.1 Å². The Balaban J connectivity index is 1.51. The first kappa shape index (κ1) is 18.6. The van der Waals surface area contributed by atoms with Crippen molar-refractivity contribution in [2.24, 2.45) is 0 Å². The molecule has 2 aromatic carbocycles. The second kappa shape index (κ2) is 7.71. The number of nitrogens with zero attached hydrogens (tertiary/aromatic N) is 3. The molecular formula is C22H19FN4O2. The fraction of sp³-hybridized carbons (Fsp3) is 0.136. The molecule has 0 saturated heterocycles. The zero-order valence-corrected chi connectivity index (χ0v) is 16.0. The van der Waals surface area contributed by atoms with Crippen LogP contribution in [0, 0.1) is 19.7 Å². The highest BCUT2D eigenvalue weighted by Gasteiger charge is 2.16. The first-order valence-electron chi connectivity index (χ1n) is 9.12. The molecule has 146 valence electrons. The van der Waals surface area contributed by atoms with Crippen molar-refractivity contribution in [3.63, 3.8) is 0 Å². The smallest absolute Gasteiger partial charge is 0.274 e. The number of hydrogen-bond acceptors (Lipinski definition) is 4. The lowest BCUT2D eigenvalue weighted by Gasteiger charge is -2.10. The number of rotatable bonds is 5. The van der Waals surface area contributed by atoms with Crippen LogP contribution in [0.1, 0.15) is 11.1 Å². The number of nitrogens with one attached hydrogen (secondary N) is 1. The monoisotopic (exact) mass is 390 g/mol. The first-order chi connectivity index (χ1) is 14.0. The van der Waals surface area contributed by atoms with E-state index in [1.165, 1.54) is 12.1 Å². The molecule has 7 heteroatoms. The van der Waals surface area contributed by atoms with Gasteiger partial charge in [-0.15, -0.1) is 0 Å². The molecule has 0 bridgehead atoms. The molecule has 2 aromatic heterocycles. The summed E-state index contributed by atoms with van der Waals surface area (Å²) in [7, 11) is 0. The summed E-state index contributed by atoms with van der Waals surface area (Å²) in [5.74, 6) is 0.148. The molecule has 4 rings (SSSR count). The van der Waals surface area contributed by atoms with Crippen LogP contribution in [0.2, 0.25) is 0 Å². The molecular weight excluding hydrogens is 371 g/mol. The van der Waals surface area contributed by atoms with Gasteiger partial charge in [0.25, 0.3) is 5.89 Å². The average Bonchev–Trinajstić information content (AvgIpc) is 3.34. The lowest BCUT2D eigenvalue weighted by Crippen LogP contribution is -2.19. The van der Waals surface area contributed by atoms with Gasteiger partial charge in [-0.05, 0) is 61.9 Å². The minimum absolute atomic E-state index is 0.101. The normalized spacial score (nSPS) is 10.9. The minimum Gasteiger partial charge on any atom is -0.334 e. The van der Waals surface area contributed by atoms with Crippen molar-refractivity contribution in [1.29, 1.82) is 0 Å². The second-order valence-electron chi connectivity index (χ2n) is 6.82. The Morgan fingerprint density at radius 2 is 1.93 bits per heavy atom. The van der Waals surface area contributed by atoms with Gasteiger partial charge < -0.3 is 14.4 Å². The largest absolute Gasteiger partial charge is 0.334 e. The Hall–Kier alpha value is -3.74. The number of aromatic nitrogens is 3. The van der Waals surface area contributed by atoms with Crippen molar-refractivity contribution < 1.29 is 13.7 Å². The third kappa shape index (κ3) is 4.08. The number of carbonyl (C=O) groups excluding carboxylic acids is 1. The van der Waals surface area contributed by atoms with Crippen LogP contribution >= 0.6 is 0 Å². The van der Waals surface area contributed by atoms with Gasteiger partial charge in [0.1, 0.15) is 18.1 Å². The van der Waals surface area contributed by atoms with E-state index in [9.17, 15) is 9.18 Å². The fourth-order valence-corrected chi connectivity index (χ4v) is 3.09. The highest BCUT2D eigenvalue weighted by molar-refractivity contribution is 5.91. The van der Waals surface area contributed by atoms with Gasteiger partial charge in [-0.2, -0.15) is 4.98 Å². The van der Waals surface area contributed by atoms with Crippen LogP contribution in [-0.2, 0) is 11.3 Å². The maximum atomic E-state index is 13.1. The van der Waals surface area contributed by atoms with Crippen molar-refractivity contribution in [3.05, 3.63) is 77.7 Å². The van der Waals surface area contributed by atoms with Crippen molar-refractivity contribution in [2.75, 3.05) is 5.32 Å². The number of hydrogen-bond donors (Lipinski definition) is 1. The van der Waals surface area contributed by atoms with Crippen LogP contribution < -0.4 is 5.32 Å². The van der Waals surface area contributed by atoms with E-state index in [4.69, 9.17) is 4.52 Å². The highest BCUT2D eigenvalue weighted by Crippen LogP contribution is 2.23. The molecule has 0 spiro atoms. The molecule has 6 nitrogen and oxygen atoms in total. The fourth-order valence-electron chi connectivity index (χ4n) is 3.09. The lowest BCUT2D eigenvalue weighted by atomic mass is 10.1. The third-order valence-electron chi connectivity index (χ3n) is 4.55. The van der Waals surface area contributed by atoms with Gasteiger partial charge in [0.2, 0.25) is 11.7 Å². The summed E-state index contributed by atoms with van der Waals surface area (Å²) in [5, 5.41) is 6.89. The van der Waals surface area contributed by atoms with Gasteiger partial charge in [-0.25, -0.2) is 4.39 Å². The summed E-state index contributed by atoms with van der Waals surface area (Å²) in [6, 6.07) is 15.3. The highest BCUT2D eigenvalue weighted by atomic mass is 19.1. The SMILES string of the molecule is Cc1ccc(NC(=O)Cn2cccc2-c2nc(-c3ccc(F)cc3)no2)c(C)c1. The quantitative estimate of drug-likeness (QED) is 0.541. The maximum absolute atomic E-state index is 13.1. The summed E-state index contributed by atoms with van der Waals surface area (Å²) < 4.78 is 20.2. The molecule has 0 aliphatic rings. The van der Waals surface area contributed by atoms with Gasteiger partial charge in [0.05, 0.1) is 0 Å². The zero-order chi connectivity index (χ0) is 20.4. The zero-order valence-electron chi connectivity index (χ0n) is 16.0. The number of benzene rings is 2. The van der Waals surface area contributed by atoms with Crippen LogP contribution in [0.15, 0.2) is 65.3 Å². The standard InChI is InChI=1S/C22H19FN4O2/c1-14-5-10-18(15(2)12-14)24-20(28)13-27-11-3-4-19(27)22-25-21(26-29-22)16-6-8-17(23)9-7-16/h3-12H,13H2,1-2H3,(H,24,28). The number of carbonyl (C=O) groups is 1. The summed E-state index contributed by atoms with van der Waals surface area (Å²) in [6.45, 7) is 4.07. The molecule has 0 unspecified atom stereocenters. The Bertz CT molecular complexity index is 1160.